The summed E-state index contributed by atoms with van der Waals surface area (Å²) in [5, 5.41) is 13.5. The van der Waals surface area contributed by atoms with Gasteiger partial charge in [-0.25, -0.2) is 4.79 Å². The van der Waals surface area contributed by atoms with Gasteiger partial charge in [0.05, 0.1) is 12.0 Å². The molecule has 0 saturated carbocycles. The Morgan fingerprint density at radius 2 is 1.53 bits per heavy atom. The number of nitrogens with one attached hydrogen (secondary N) is 3. The van der Waals surface area contributed by atoms with E-state index in [1.807, 2.05) is 41.5 Å². The van der Waals surface area contributed by atoms with Gasteiger partial charge >= 0.3 is 11.9 Å². The molecular formula is C46H82ClN7O6. The number of aliphatic imine (C=N–C) groups is 1. The maximum atomic E-state index is 12.9. The number of Topliss-reactive ketones (excluding diaryl/α,β-unsaturated/α-hetero) is 1. The molecule has 1 aromatic rings. The number of ether oxygens (including phenoxy) is 2. The molecule has 14 heteroatoms. The van der Waals surface area contributed by atoms with Gasteiger partial charge in [0.25, 0.3) is 0 Å². The fraction of sp³-hybridized carbons (Fsp3) is 0.739. The van der Waals surface area contributed by atoms with Crippen molar-refractivity contribution in [2.45, 2.75) is 194 Å². The zero-order chi connectivity index (χ0) is 45.7. The number of nitrogens with two attached hydrogens (primary N) is 2. The lowest BCUT2D eigenvalue weighted by Crippen LogP contribution is -2.48. The summed E-state index contributed by atoms with van der Waals surface area (Å²) in [7, 11) is 3.38. The molecule has 1 saturated heterocycles. The quantitative estimate of drug-likeness (QED) is 0.0149. The predicted molar refractivity (Wildman–Crippen MR) is 246 cm³/mol. The van der Waals surface area contributed by atoms with Crippen LogP contribution in [-0.2, 0) is 23.9 Å². The van der Waals surface area contributed by atoms with Crippen molar-refractivity contribution in [2.75, 3.05) is 14.1 Å². The van der Waals surface area contributed by atoms with Crippen molar-refractivity contribution in [1.29, 1.82) is 5.41 Å². The number of rotatable bonds is 26. The summed E-state index contributed by atoms with van der Waals surface area (Å²) in [6.45, 7) is 16.4. The van der Waals surface area contributed by atoms with Crippen molar-refractivity contribution in [1.82, 2.24) is 15.5 Å². The zero-order valence-electron chi connectivity index (χ0n) is 38.7. The van der Waals surface area contributed by atoms with E-state index in [0.717, 1.165) is 38.5 Å². The lowest BCUT2D eigenvalue weighted by Gasteiger charge is -2.37. The van der Waals surface area contributed by atoms with Crippen molar-refractivity contribution in [3.8, 4) is 0 Å². The van der Waals surface area contributed by atoms with Crippen LogP contribution in [0.4, 0.5) is 0 Å². The molecule has 1 aliphatic heterocycles. The molecule has 344 valence electrons. The third-order valence-electron chi connectivity index (χ3n) is 9.87. The molecule has 0 aliphatic carbocycles. The van der Waals surface area contributed by atoms with Crippen LogP contribution < -0.4 is 22.1 Å². The van der Waals surface area contributed by atoms with E-state index in [2.05, 4.69) is 29.5 Å². The molecule has 0 bridgehead atoms. The molecule has 1 unspecified atom stereocenters. The van der Waals surface area contributed by atoms with E-state index in [0.29, 0.717) is 29.8 Å². The summed E-state index contributed by atoms with van der Waals surface area (Å²) in [6, 6.07) is 6.20. The molecule has 0 spiro atoms. The van der Waals surface area contributed by atoms with Gasteiger partial charge in [-0.3, -0.25) is 19.8 Å². The normalized spacial score (nSPS) is 16.0. The van der Waals surface area contributed by atoms with Gasteiger partial charge in [-0.15, -0.1) is 0 Å². The number of unbranched alkanes of at least 4 members (excludes halogenated alkanes) is 11. The largest absolute Gasteiger partial charge is 0.461 e. The van der Waals surface area contributed by atoms with Crippen LogP contribution in [0.3, 0.4) is 0 Å². The summed E-state index contributed by atoms with van der Waals surface area (Å²) in [6.07, 6.45) is 18.5. The number of carbonyl (C=O) groups excluding carboxylic acids is 4. The minimum absolute atomic E-state index is 0.0509. The van der Waals surface area contributed by atoms with Crippen LogP contribution in [0.15, 0.2) is 29.3 Å². The molecule has 5 atom stereocenters. The first-order valence-electron chi connectivity index (χ1n) is 22.3. The molecule has 1 aromatic carbocycles. The molecule has 1 amide bonds. The van der Waals surface area contributed by atoms with Crippen LogP contribution >= 0.6 is 11.6 Å². The fourth-order valence-corrected chi connectivity index (χ4v) is 6.92. The first-order valence-corrected chi connectivity index (χ1v) is 22.7. The van der Waals surface area contributed by atoms with Crippen molar-refractivity contribution >= 4 is 47.7 Å². The number of ketones is 1. The Bertz CT molecular complexity index is 1410. The lowest BCUT2D eigenvalue weighted by molar-refractivity contribution is -0.190. The Kier molecular flexibility index (Phi) is 30.1. The molecule has 60 heavy (non-hydrogen) atoms. The Balaban J connectivity index is 0.00000113. The van der Waals surface area contributed by atoms with E-state index in [-0.39, 0.29) is 65.3 Å². The topological polar surface area (TPSA) is 202 Å². The average Bonchev–Trinajstić information content (AvgIpc) is 3.15. The van der Waals surface area contributed by atoms with Gasteiger partial charge in [0.15, 0.2) is 11.7 Å². The zero-order valence-corrected chi connectivity index (χ0v) is 39.5. The molecule has 13 nitrogen and oxygen atoms in total. The van der Waals surface area contributed by atoms with E-state index in [1.54, 1.807) is 38.4 Å². The molecule has 0 radical (unpaired) electrons. The molecule has 1 fully saturated rings. The van der Waals surface area contributed by atoms with Crippen molar-refractivity contribution in [3.05, 3.63) is 34.9 Å². The van der Waals surface area contributed by atoms with Gasteiger partial charge in [-0.05, 0) is 71.4 Å². The number of guanidine groups is 2. The van der Waals surface area contributed by atoms with Crippen LogP contribution in [0.2, 0.25) is 5.02 Å². The van der Waals surface area contributed by atoms with Crippen molar-refractivity contribution < 1.29 is 28.7 Å². The standard InChI is InChI=1S/C29H53NO5.C13H18ClNO.C4H11N5/c1-5-7-9-11-12-13-14-15-16-18-24(34-29(33)26(30-22-31)20-23(3)4)21-27-25(28(32)35-27)19-17-10-8-6-2;1-9(15-13(2,3)4)12(16)10-6-5-7-11(14)8-10;1-9(2)4(7)8-3(5)6/h22-27H,5-21H2,1-4H3,(H,30,31);5-9,15H,1-4H3;1-2H3,(H5,5,6,7,8)/t24-,25-,26-,27-;;/m0../s1. The van der Waals surface area contributed by atoms with Crippen LogP contribution in [0.5, 0.6) is 0 Å². The van der Waals surface area contributed by atoms with Gasteiger partial charge in [-0.1, -0.05) is 128 Å². The average molecular weight is 865 g/mol. The number of halogens is 1. The fourth-order valence-electron chi connectivity index (χ4n) is 6.73. The summed E-state index contributed by atoms with van der Waals surface area (Å²) in [5.74, 6) is -0.274. The molecule has 1 aliphatic rings. The smallest absolute Gasteiger partial charge is 0.328 e. The number of hydrogen-bond donors (Lipinski definition) is 5. The van der Waals surface area contributed by atoms with Gasteiger partial charge in [0, 0.05) is 36.6 Å². The van der Waals surface area contributed by atoms with Crippen LogP contribution in [0.1, 0.15) is 175 Å². The second kappa shape index (κ2) is 32.1. The number of benzene rings is 1. The summed E-state index contributed by atoms with van der Waals surface area (Å²) < 4.78 is 11.4. The highest BCUT2D eigenvalue weighted by Gasteiger charge is 2.43. The number of nitrogens with zero attached hydrogens (tertiary/aromatic N) is 2. The van der Waals surface area contributed by atoms with E-state index in [1.165, 1.54) is 62.7 Å². The Morgan fingerprint density at radius 3 is 2.00 bits per heavy atom. The molecular weight excluding hydrogens is 782 g/mol. The molecule has 2 rings (SSSR count). The maximum absolute atomic E-state index is 12.9. The second-order valence-corrected chi connectivity index (χ2v) is 18.0. The van der Waals surface area contributed by atoms with Crippen LogP contribution in [-0.4, -0.2) is 84.9 Å². The monoisotopic (exact) mass is 864 g/mol. The van der Waals surface area contributed by atoms with Crippen LogP contribution in [0.25, 0.3) is 0 Å². The van der Waals surface area contributed by atoms with E-state index in [9.17, 15) is 19.2 Å². The Labute approximate surface area is 367 Å². The molecule has 0 aromatic heterocycles. The van der Waals surface area contributed by atoms with Gasteiger partial charge in [0.2, 0.25) is 12.4 Å². The van der Waals surface area contributed by atoms with Crippen molar-refractivity contribution in [2.24, 2.45) is 28.3 Å². The Morgan fingerprint density at radius 1 is 0.967 bits per heavy atom. The highest BCUT2D eigenvalue weighted by Crippen LogP contribution is 2.33. The SMILES string of the molecule is CC(NC(C)(C)C)C(=O)c1cccc(Cl)c1.CCCCCCCCCCC[C@@H](C[C@@H]1OC(=O)[C@H]1CCCCCC)OC(=O)[C@H](CC(C)C)NC=O.CN(C)C(=N)N=C(N)N. The highest BCUT2D eigenvalue weighted by molar-refractivity contribution is 6.31. The third-order valence-corrected chi connectivity index (χ3v) is 10.1. The predicted octanol–water partition coefficient (Wildman–Crippen LogP) is 8.94. The third kappa shape index (κ3) is 27.2. The van der Waals surface area contributed by atoms with E-state index >= 15 is 0 Å². The minimum Gasteiger partial charge on any atom is -0.461 e. The lowest BCUT2D eigenvalue weighted by atomic mass is 9.86. The number of esters is 2. The molecule has 1 heterocycles. The maximum Gasteiger partial charge on any atom is 0.328 e. The first kappa shape index (κ1) is 56.3. The van der Waals surface area contributed by atoms with Gasteiger partial charge < -0.3 is 36.5 Å². The number of cyclic esters (lactones) is 1. The van der Waals surface area contributed by atoms with Crippen molar-refractivity contribution in [3.63, 3.8) is 0 Å². The number of amides is 1. The number of carbonyl (C=O) groups is 4. The van der Waals surface area contributed by atoms with Gasteiger partial charge in [-0.2, -0.15) is 4.99 Å². The summed E-state index contributed by atoms with van der Waals surface area (Å²) >= 11 is 5.85. The van der Waals surface area contributed by atoms with Crippen LogP contribution in [0, 0.1) is 17.2 Å². The first-order chi connectivity index (χ1) is 28.3. The Hall–Kier alpha value is -3.71. The van der Waals surface area contributed by atoms with E-state index in [4.69, 9.17) is 38.0 Å². The number of hydrogen-bond acceptors (Lipinski definition) is 8. The second-order valence-electron chi connectivity index (χ2n) is 17.6. The minimum atomic E-state index is -0.632. The van der Waals surface area contributed by atoms with E-state index < -0.39 is 6.04 Å². The van der Waals surface area contributed by atoms with Gasteiger partial charge in [0.1, 0.15) is 18.2 Å². The highest BCUT2D eigenvalue weighted by atomic mass is 35.5. The molecule has 7 N–H and O–H groups in total. The summed E-state index contributed by atoms with van der Waals surface area (Å²) in [4.78, 5) is 53.0. The summed E-state index contributed by atoms with van der Waals surface area (Å²) in [5.41, 5.74) is 10.6.